The van der Waals surface area contributed by atoms with Crippen molar-refractivity contribution < 1.29 is 4.74 Å². The van der Waals surface area contributed by atoms with E-state index in [0.717, 1.165) is 54.3 Å². The summed E-state index contributed by atoms with van der Waals surface area (Å²) in [4.78, 5) is 2.48. The zero-order chi connectivity index (χ0) is 19.1. The number of rotatable bonds is 3. The highest BCUT2D eigenvalue weighted by molar-refractivity contribution is 6.35. The molecule has 1 aliphatic heterocycles. The van der Waals surface area contributed by atoms with Gasteiger partial charge in [0.15, 0.2) is 0 Å². The highest BCUT2D eigenvalue weighted by atomic mass is 35.5. The molecule has 0 saturated carbocycles. The summed E-state index contributed by atoms with van der Waals surface area (Å²) in [5.74, 6) is 0.896. The smallest absolute Gasteiger partial charge is 0.140 e. The lowest BCUT2D eigenvalue weighted by Crippen LogP contribution is -2.49. The standard InChI is InChI=1S/C22H26Cl2N2O/c1-13-6-14(2)8-17(7-13)27-22-19-9-15(23)10-20(24)18(19)11-21(22)26-5-3-4-16(25)12-26/h6-10,16,21-22H,3-5,11-12,25H2,1-2H3/t16-,21+,22+/m1/s1. The number of hydrogen-bond donors (Lipinski definition) is 1. The Balaban J connectivity index is 1.71. The molecule has 0 aromatic heterocycles. The molecule has 144 valence electrons. The predicted molar refractivity (Wildman–Crippen MR) is 112 cm³/mol. The number of benzene rings is 2. The maximum Gasteiger partial charge on any atom is 0.140 e. The topological polar surface area (TPSA) is 38.5 Å². The van der Waals surface area contributed by atoms with Crippen LogP contribution in [0.4, 0.5) is 0 Å². The first kappa shape index (κ1) is 19.1. The summed E-state index contributed by atoms with van der Waals surface area (Å²) in [6.45, 7) is 6.13. The molecule has 3 nitrogen and oxygen atoms in total. The lowest BCUT2D eigenvalue weighted by Gasteiger charge is -2.38. The zero-order valence-corrected chi connectivity index (χ0v) is 17.4. The van der Waals surface area contributed by atoms with E-state index in [1.54, 1.807) is 0 Å². The molecule has 0 spiro atoms. The fourth-order valence-electron chi connectivity index (χ4n) is 4.57. The average molecular weight is 405 g/mol. The predicted octanol–water partition coefficient (Wildman–Crippen LogP) is 5.08. The fraction of sp³-hybridized carbons (Fsp3) is 0.455. The molecule has 0 radical (unpaired) electrons. The monoisotopic (exact) mass is 404 g/mol. The second-order valence-electron chi connectivity index (χ2n) is 7.99. The summed E-state index contributed by atoms with van der Waals surface area (Å²) in [7, 11) is 0. The second-order valence-corrected chi connectivity index (χ2v) is 8.83. The van der Waals surface area contributed by atoms with E-state index >= 15 is 0 Å². The van der Waals surface area contributed by atoms with Crippen LogP contribution in [-0.4, -0.2) is 30.1 Å². The van der Waals surface area contributed by atoms with Crippen LogP contribution in [0.15, 0.2) is 30.3 Å². The molecule has 2 N–H and O–H groups in total. The normalized spacial score (nSPS) is 25.4. The van der Waals surface area contributed by atoms with Gasteiger partial charge in [-0.1, -0.05) is 29.3 Å². The first-order valence-electron chi connectivity index (χ1n) is 9.63. The van der Waals surface area contributed by atoms with Crippen LogP contribution in [0.1, 0.15) is 41.2 Å². The Labute approximate surface area is 171 Å². The Bertz CT molecular complexity index is 834. The van der Waals surface area contributed by atoms with Crippen molar-refractivity contribution in [1.29, 1.82) is 0 Å². The van der Waals surface area contributed by atoms with E-state index in [-0.39, 0.29) is 18.2 Å². The third-order valence-corrected chi connectivity index (χ3v) is 6.24. The largest absolute Gasteiger partial charge is 0.484 e. The summed E-state index contributed by atoms with van der Waals surface area (Å²) in [6.07, 6.45) is 2.99. The molecule has 3 atom stereocenters. The van der Waals surface area contributed by atoms with Gasteiger partial charge in [0.05, 0.1) is 6.04 Å². The summed E-state index contributed by atoms with van der Waals surface area (Å²) in [5.41, 5.74) is 10.9. The van der Waals surface area contributed by atoms with Gasteiger partial charge in [-0.3, -0.25) is 4.90 Å². The SMILES string of the molecule is Cc1cc(C)cc(O[C@H]2c3cc(Cl)cc(Cl)c3C[C@@H]2N2CCC[C@@H](N)C2)c1. The molecule has 2 aliphatic rings. The molecule has 2 aromatic carbocycles. The number of fused-ring (bicyclic) bond motifs is 1. The highest BCUT2D eigenvalue weighted by Gasteiger charge is 2.40. The molecular weight excluding hydrogens is 379 g/mol. The van der Waals surface area contributed by atoms with Gasteiger partial charge in [0, 0.05) is 28.2 Å². The number of hydrogen-bond acceptors (Lipinski definition) is 3. The van der Waals surface area contributed by atoms with Gasteiger partial charge in [-0.15, -0.1) is 0 Å². The van der Waals surface area contributed by atoms with Crippen LogP contribution in [0.2, 0.25) is 10.0 Å². The summed E-state index contributed by atoms with van der Waals surface area (Å²) in [5, 5.41) is 1.39. The molecule has 0 amide bonds. The Hall–Kier alpha value is -1.26. The van der Waals surface area contributed by atoms with Crippen LogP contribution in [0.25, 0.3) is 0 Å². The number of piperidine rings is 1. The van der Waals surface area contributed by atoms with Gasteiger partial charge in [-0.25, -0.2) is 0 Å². The van der Waals surface area contributed by atoms with Gasteiger partial charge in [-0.2, -0.15) is 0 Å². The van der Waals surface area contributed by atoms with Crippen LogP contribution in [0, 0.1) is 13.8 Å². The van der Waals surface area contributed by atoms with Crippen LogP contribution < -0.4 is 10.5 Å². The van der Waals surface area contributed by atoms with Crippen molar-refractivity contribution in [1.82, 2.24) is 4.90 Å². The van der Waals surface area contributed by atoms with E-state index in [4.69, 9.17) is 33.7 Å². The first-order valence-corrected chi connectivity index (χ1v) is 10.4. The van der Waals surface area contributed by atoms with Crippen molar-refractivity contribution in [3.63, 3.8) is 0 Å². The average Bonchev–Trinajstić information content (AvgIpc) is 2.93. The van der Waals surface area contributed by atoms with E-state index in [9.17, 15) is 0 Å². The van der Waals surface area contributed by atoms with Crippen molar-refractivity contribution in [2.75, 3.05) is 13.1 Å². The van der Waals surface area contributed by atoms with E-state index < -0.39 is 0 Å². The Kier molecular flexibility index (Phi) is 5.39. The van der Waals surface area contributed by atoms with E-state index in [1.165, 1.54) is 11.1 Å². The molecule has 0 bridgehead atoms. The van der Waals surface area contributed by atoms with Gasteiger partial charge in [0.1, 0.15) is 11.9 Å². The van der Waals surface area contributed by atoms with Gasteiger partial charge in [0.2, 0.25) is 0 Å². The van der Waals surface area contributed by atoms with Crippen molar-refractivity contribution in [2.24, 2.45) is 5.73 Å². The highest BCUT2D eigenvalue weighted by Crippen LogP contribution is 2.43. The number of nitrogens with two attached hydrogens (primary N) is 1. The van der Waals surface area contributed by atoms with Crippen LogP contribution in [0.5, 0.6) is 5.75 Å². The van der Waals surface area contributed by atoms with E-state index in [0.29, 0.717) is 5.02 Å². The minimum Gasteiger partial charge on any atom is -0.484 e. The lowest BCUT2D eigenvalue weighted by molar-refractivity contribution is 0.0592. The molecule has 1 aliphatic carbocycles. The van der Waals surface area contributed by atoms with Crippen molar-refractivity contribution in [3.05, 3.63) is 62.6 Å². The van der Waals surface area contributed by atoms with E-state index in [1.807, 2.05) is 12.1 Å². The van der Waals surface area contributed by atoms with Crippen molar-refractivity contribution in [2.45, 2.75) is 51.3 Å². The summed E-state index contributed by atoms with van der Waals surface area (Å²) < 4.78 is 6.57. The molecule has 1 heterocycles. The molecule has 5 heteroatoms. The number of aryl methyl sites for hydroxylation is 2. The third kappa shape index (κ3) is 3.97. The second kappa shape index (κ2) is 7.63. The minimum absolute atomic E-state index is 0.0947. The molecule has 1 fully saturated rings. The maximum atomic E-state index is 6.57. The van der Waals surface area contributed by atoms with Crippen LogP contribution in [0.3, 0.4) is 0 Å². The van der Waals surface area contributed by atoms with Crippen LogP contribution in [-0.2, 0) is 6.42 Å². The van der Waals surface area contributed by atoms with Crippen molar-refractivity contribution >= 4 is 23.2 Å². The molecule has 1 saturated heterocycles. The van der Waals surface area contributed by atoms with Crippen LogP contribution >= 0.6 is 23.2 Å². The summed E-state index contributed by atoms with van der Waals surface area (Å²) >= 11 is 12.9. The number of nitrogens with zero attached hydrogens (tertiary/aromatic N) is 1. The first-order chi connectivity index (χ1) is 12.9. The Morgan fingerprint density at radius 3 is 2.52 bits per heavy atom. The van der Waals surface area contributed by atoms with Gasteiger partial charge >= 0.3 is 0 Å². The molecular formula is C22H26Cl2N2O. The fourth-order valence-corrected chi connectivity index (χ4v) is 5.15. The molecule has 4 rings (SSSR count). The zero-order valence-electron chi connectivity index (χ0n) is 15.8. The molecule has 2 aromatic rings. The third-order valence-electron chi connectivity index (χ3n) is 5.68. The quantitative estimate of drug-likeness (QED) is 0.774. The van der Waals surface area contributed by atoms with E-state index in [2.05, 4.69) is 36.9 Å². The Morgan fingerprint density at radius 1 is 1.07 bits per heavy atom. The lowest BCUT2D eigenvalue weighted by atomic mass is 10.0. The number of halogens is 2. The minimum atomic E-state index is -0.0947. The van der Waals surface area contributed by atoms with Gasteiger partial charge in [0.25, 0.3) is 0 Å². The summed E-state index contributed by atoms with van der Waals surface area (Å²) in [6, 6.07) is 10.6. The number of likely N-dealkylation sites (tertiary alicyclic amines) is 1. The maximum absolute atomic E-state index is 6.57. The van der Waals surface area contributed by atoms with Crippen molar-refractivity contribution in [3.8, 4) is 5.75 Å². The number of ether oxygens (including phenoxy) is 1. The molecule has 0 unspecified atom stereocenters. The Morgan fingerprint density at radius 2 is 1.81 bits per heavy atom. The van der Waals surface area contributed by atoms with Gasteiger partial charge < -0.3 is 10.5 Å². The molecule has 27 heavy (non-hydrogen) atoms. The van der Waals surface area contributed by atoms with Gasteiger partial charge in [-0.05, 0) is 80.6 Å².